The average molecular weight is 166 g/mol. The molecular formula is C5H10O4S. The highest BCUT2D eigenvalue weighted by molar-refractivity contribution is 8.00. The fraction of sp³-hybridized carbons (Fsp3) is 1.00. The molecule has 60 valence electrons. The molecule has 3 atom stereocenters. The lowest BCUT2D eigenvalue weighted by molar-refractivity contribution is -0.0770. The highest BCUT2D eigenvalue weighted by atomic mass is 32.2. The van der Waals surface area contributed by atoms with Gasteiger partial charge in [-0.1, -0.05) is 0 Å². The summed E-state index contributed by atoms with van der Waals surface area (Å²) in [6.45, 7) is -0.532. The predicted molar refractivity (Wildman–Crippen MR) is 36.5 cm³/mol. The zero-order chi connectivity index (χ0) is 7.78. The molecule has 1 heterocycles. The Morgan fingerprint density at radius 1 is 1.50 bits per heavy atom. The van der Waals surface area contributed by atoms with Gasteiger partial charge in [-0.25, -0.2) is 0 Å². The Bertz CT molecular complexity index is 131. The summed E-state index contributed by atoms with van der Waals surface area (Å²) in [5.41, 5.74) is 0. The van der Waals surface area contributed by atoms with Crippen molar-refractivity contribution in [2.75, 3.05) is 12.4 Å². The Kier molecular flexibility index (Phi) is 2.21. The minimum absolute atomic E-state index is 0.262. The van der Waals surface area contributed by atoms with Gasteiger partial charge in [0.25, 0.3) is 0 Å². The standard InChI is InChI=1S/C5H10O4S/c6-2-5(9)4(8)3(7)1-10-5/h3-4,6-9H,1-2H2/t3-,4+,5+/m1/s1. The van der Waals surface area contributed by atoms with Crippen molar-refractivity contribution in [1.82, 2.24) is 0 Å². The van der Waals surface area contributed by atoms with E-state index in [4.69, 9.17) is 15.3 Å². The number of rotatable bonds is 1. The minimum atomic E-state index is -1.56. The van der Waals surface area contributed by atoms with Crippen molar-refractivity contribution >= 4 is 11.8 Å². The monoisotopic (exact) mass is 166 g/mol. The zero-order valence-electron chi connectivity index (χ0n) is 5.27. The molecule has 1 aliphatic heterocycles. The van der Waals surface area contributed by atoms with Gasteiger partial charge in [-0.3, -0.25) is 0 Å². The fourth-order valence-corrected chi connectivity index (χ4v) is 1.91. The average Bonchev–Trinajstić information content (AvgIpc) is 2.19. The molecule has 0 unspecified atom stereocenters. The van der Waals surface area contributed by atoms with Gasteiger partial charge in [0.1, 0.15) is 6.10 Å². The minimum Gasteiger partial charge on any atom is -0.392 e. The van der Waals surface area contributed by atoms with Crippen LogP contribution >= 0.6 is 11.8 Å². The van der Waals surface area contributed by atoms with Crippen LogP contribution in [-0.2, 0) is 0 Å². The van der Waals surface area contributed by atoms with Crippen molar-refractivity contribution in [3.8, 4) is 0 Å². The Balaban J connectivity index is 2.64. The molecule has 4 nitrogen and oxygen atoms in total. The molecule has 0 aromatic carbocycles. The van der Waals surface area contributed by atoms with Crippen molar-refractivity contribution < 1.29 is 20.4 Å². The van der Waals surface area contributed by atoms with Crippen molar-refractivity contribution in [3.05, 3.63) is 0 Å². The van der Waals surface area contributed by atoms with Gasteiger partial charge in [-0.15, -0.1) is 11.8 Å². The van der Waals surface area contributed by atoms with Crippen molar-refractivity contribution in [3.63, 3.8) is 0 Å². The molecule has 0 aromatic heterocycles. The van der Waals surface area contributed by atoms with Crippen LogP contribution in [0.4, 0.5) is 0 Å². The van der Waals surface area contributed by atoms with E-state index in [1.165, 1.54) is 0 Å². The first-order valence-electron chi connectivity index (χ1n) is 2.93. The molecule has 1 saturated heterocycles. The third kappa shape index (κ3) is 1.15. The van der Waals surface area contributed by atoms with E-state index in [-0.39, 0.29) is 5.75 Å². The molecule has 0 aromatic rings. The third-order valence-electron chi connectivity index (χ3n) is 1.56. The van der Waals surface area contributed by atoms with E-state index in [1.54, 1.807) is 0 Å². The first-order valence-corrected chi connectivity index (χ1v) is 3.92. The maximum absolute atomic E-state index is 9.24. The second kappa shape index (κ2) is 2.67. The Hall–Kier alpha value is 0.190. The second-order valence-corrected chi connectivity index (χ2v) is 3.66. The summed E-state index contributed by atoms with van der Waals surface area (Å²) in [6.07, 6.45) is -2.16. The number of thioether (sulfide) groups is 1. The highest BCUT2D eigenvalue weighted by Crippen LogP contribution is 2.35. The van der Waals surface area contributed by atoms with E-state index < -0.39 is 23.7 Å². The number of aliphatic hydroxyl groups is 4. The van der Waals surface area contributed by atoms with E-state index in [2.05, 4.69) is 0 Å². The maximum atomic E-state index is 9.24. The third-order valence-corrected chi connectivity index (χ3v) is 2.94. The number of hydrogen-bond acceptors (Lipinski definition) is 5. The molecule has 0 aliphatic carbocycles. The van der Waals surface area contributed by atoms with Crippen molar-refractivity contribution in [2.24, 2.45) is 0 Å². The van der Waals surface area contributed by atoms with Gasteiger partial charge >= 0.3 is 0 Å². The summed E-state index contributed by atoms with van der Waals surface area (Å²) in [7, 11) is 0. The van der Waals surface area contributed by atoms with Crippen LogP contribution in [0.1, 0.15) is 0 Å². The highest BCUT2D eigenvalue weighted by Gasteiger charge is 2.46. The van der Waals surface area contributed by atoms with Gasteiger partial charge in [0, 0.05) is 5.75 Å². The lowest BCUT2D eigenvalue weighted by atomic mass is 10.1. The van der Waals surface area contributed by atoms with Crippen LogP contribution < -0.4 is 0 Å². The fourth-order valence-electron chi connectivity index (χ4n) is 0.846. The largest absolute Gasteiger partial charge is 0.392 e. The molecule has 0 saturated carbocycles. The van der Waals surface area contributed by atoms with Crippen LogP contribution in [0.5, 0.6) is 0 Å². The normalized spacial score (nSPS) is 48.0. The summed E-state index contributed by atoms with van der Waals surface area (Å²) in [6, 6.07) is 0. The lowest BCUT2D eigenvalue weighted by Gasteiger charge is -2.23. The van der Waals surface area contributed by atoms with Crippen LogP contribution in [0.15, 0.2) is 0 Å². The molecule has 0 spiro atoms. The van der Waals surface area contributed by atoms with Gasteiger partial charge in [0.2, 0.25) is 0 Å². The summed E-state index contributed by atoms with van der Waals surface area (Å²) < 4.78 is 0. The van der Waals surface area contributed by atoms with E-state index in [0.29, 0.717) is 0 Å². The molecule has 10 heavy (non-hydrogen) atoms. The number of hydrogen-bond donors (Lipinski definition) is 4. The van der Waals surface area contributed by atoms with Crippen LogP contribution in [0.25, 0.3) is 0 Å². The van der Waals surface area contributed by atoms with E-state index in [9.17, 15) is 5.11 Å². The molecule has 0 bridgehead atoms. The first kappa shape index (κ1) is 8.29. The quantitative estimate of drug-likeness (QED) is 0.367. The van der Waals surface area contributed by atoms with Gasteiger partial charge < -0.3 is 20.4 Å². The van der Waals surface area contributed by atoms with E-state index in [0.717, 1.165) is 11.8 Å². The molecular weight excluding hydrogens is 156 g/mol. The number of aliphatic hydroxyl groups excluding tert-OH is 3. The lowest BCUT2D eigenvalue weighted by Crippen LogP contribution is -2.43. The van der Waals surface area contributed by atoms with Crippen molar-refractivity contribution in [1.29, 1.82) is 0 Å². The summed E-state index contributed by atoms with van der Waals surface area (Å²) in [5, 5.41) is 35.8. The van der Waals surface area contributed by atoms with Gasteiger partial charge in [-0.2, -0.15) is 0 Å². The van der Waals surface area contributed by atoms with E-state index in [1.807, 2.05) is 0 Å². The van der Waals surface area contributed by atoms with Crippen LogP contribution in [0.2, 0.25) is 0 Å². The van der Waals surface area contributed by atoms with Gasteiger partial charge in [0.05, 0.1) is 12.7 Å². The molecule has 1 rings (SSSR count). The smallest absolute Gasteiger partial charge is 0.161 e. The molecule has 0 radical (unpaired) electrons. The molecule has 5 heteroatoms. The summed E-state index contributed by atoms with van der Waals surface area (Å²) in [5.74, 6) is 0.262. The summed E-state index contributed by atoms with van der Waals surface area (Å²) >= 11 is 0.966. The summed E-state index contributed by atoms with van der Waals surface area (Å²) in [4.78, 5) is -1.56. The van der Waals surface area contributed by atoms with Gasteiger partial charge in [0.15, 0.2) is 4.93 Å². The SMILES string of the molecule is OC[C@]1(O)SC[C@@H](O)[C@@H]1O. The zero-order valence-corrected chi connectivity index (χ0v) is 6.08. The van der Waals surface area contributed by atoms with Crippen LogP contribution in [0, 0.1) is 0 Å². The topological polar surface area (TPSA) is 80.9 Å². The van der Waals surface area contributed by atoms with E-state index >= 15 is 0 Å². The molecule has 0 amide bonds. The van der Waals surface area contributed by atoms with Crippen LogP contribution in [0.3, 0.4) is 0 Å². The molecule has 1 aliphatic rings. The molecule has 4 N–H and O–H groups in total. The maximum Gasteiger partial charge on any atom is 0.161 e. The first-order chi connectivity index (χ1) is 4.60. The van der Waals surface area contributed by atoms with Gasteiger partial charge in [-0.05, 0) is 0 Å². The second-order valence-electron chi connectivity index (χ2n) is 2.33. The van der Waals surface area contributed by atoms with Crippen LogP contribution in [-0.4, -0.2) is 49.9 Å². The van der Waals surface area contributed by atoms with Crippen molar-refractivity contribution in [2.45, 2.75) is 17.1 Å². The Morgan fingerprint density at radius 2 is 2.10 bits per heavy atom. The Labute approximate surface area is 62.5 Å². The predicted octanol–water partition coefficient (Wildman–Crippen LogP) is -1.86. The molecule has 1 fully saturated rings. The Morgan fingerprint density at radius 3 is 2.30 bits per heavy atom.